The van der Waals surface area contributed by atoms with E-state index in [4.69, 9.17) is 0 Å². The number of carbonyl (C=O) groups excluding carboxylic acids is 1. The molecule has 2 aromatic rings. The number of rotatable bonds is 4. The van der Waals surface area contributed by atoms with E-state index in [9.17, 15) is 4.79 Å². The fourth-order valence-electron chi connectivity index (χ4n) is 3.06. The SMILES string of the molecule is Cc1ccc(C(=O)c2cccc(CN3CCCCC3)c2)cc1. The van der Waals surface area contributed by atoms with Crippen LogP contribution in [0.5, 0.6) is 0 Å². The van der Waals surface area contributed by atoms with Crippen LogP contribution in [0.1, 0.15) is 46.3 Å². The summed E-state index contributed by atoms with van der Waals surface area (Å²) in [6, 6.07) is 15.9. The van der Waals surface area contributed by atoms with Gasteiger partial charge in [0, 0.05) is 17.7 Å². The molecule has 0 unspecified atom stereocenters. The summed E-state index contributed by atoms with van der Waals surface area (Å²) in [6.07, 6.45) is 3.94. The Balaban J connectivity index is 1.75. The molecule has 0 amide bonds. The molecule has 114 valence electrons. The predicted molar refractivity (Wildman–Crippen MR) is 90.2 cm³/mol. The summed E-state index contributed by atoms with van der Waals surface area (Å²) in [4.78, 5) is 15.1. The third-order valence-corrected chi connectivity index (χ3v) is 4.36. The largest absolute Gasteiger partial charge is 0.299 e. The second kappa shape index (κ2) is 6.89. The first-order valence-corrected chi connectivity index (χ1v) is 8.15. The number of aryl methyl sites for hydroxylation is 1. The minimum atomic E-state index is 0.112. The van der Waals surface area contributed by atoms with Crippen LogP contribution >= 0.6 is 0 Å². The fraction of sp³-hybridized carbons (Fsp3) is 0.350. The molecule has 1 saturated heterocycles. The Morgan fingerprint density at radius 2 is 1.68 bits per heavy atom. The van der Waals surface area contributed by atoms with Crippen molar-refractivity contribution in [3.05, 3.63) is 70.8 Å². The van der Waals surface area contributed by atoms with E-state index in [-0.39, 0.29) is 5.78 Å². The van der Waals surface area contributed by atoms with Crippen molar-refractivity contribution in [3.63, 3.8) is 0 Å². The summed E-state index contributed by atoms with van der Waals surface area (Å²) in [5.41, 5.74) is 3.97. The Morgan fingerprint density at radius 1 is 0.955 bits per heavy atom. The lowest BCUT2D eigenvalue weighted by molar-refractivity contribution is 0.103. The highest BCUT2D eigenvalue weighted by atomic mass is 16.1. The zero-order chi connectivity index (χ0) is 15.4. The van der Waals surface area contributed by atoms with Crippen LogP contribution in [0.4, 0.5) is 0 Å². The monoisotopic (exact) mass is 293 g/mol. The molecule has 1 heterocycles. The summed E-state index contributed by atoms with van der Waals surface area (Å²) >= 11 is 0. The molecule has 2 heteroatoms. The molecule has 0 N–H and O–H groups in total. The number of piperidine rings is 1. The van der Waals surface area contributed by atoms with Crippen LogP contribution in [-0.4, -0.2) is 23.8 Å². The highest BCUT2D eigenvalue weighted by Crippen LogP contribution is 2.16. The van der Waals surface area contributed by atoms with Gasteiger partial charge in [-0.1, -0.05) is 54.4 Å². The molecule has 0 atom stereocenters. The van der Waals surface area contributed by atoms with Crippen molar-refractivity contribution in [2.45, 2.75) is 32.7 Å². The quantitative estimate of drug-likeness (QED) is 0.787. The van der Waals surface area contributed by atoms with Gasteiger partial charge in [-0.05, 0) is 44.5 Å². The zero-order valence-corrected chi connectivity index (χ0v) is 13.2. The Hall–Kier alpha value is -1.93. The number of carbonyl (C=O) groups is 1. The van der Waals surface area contributed by atoms with Crippen molar-refractivity contribution >= 4 is 5.78 Å². The van der Waals surface area contributed by atoms with Gasteiger partial charge in [0.1, 0.15) is 0 Å². The minimum absolute atomic E-state index is 0.112. The van der Waals surface area contributed by atoms with Crippen LogP contribution < -0.4 is 0 Å². The molecule has 1 fully saturated rings. The second-order valence-electron chi connectivity index (χ2n) is 6.23. The van der Waals surface area contributed by atoms with Crippen molar-refractivity contribution in [2.24, 2.45) is 0 Å². The Morgan fingerprint density at radius 3 is 2.41 bits per heavy atom. The number of hydrogen-bond donors (Lipinski definition) is 0. The van der Waals surface area contributed by atoms with E-state index in [1.807, 2.05) is 43.3 Å². The van der Waals surface area contributed by atoms with Crippen molar-refractivity contribution < 1.29 is 4.79 Å². The zero-order valence-electron chi connectivity index (χ0n) is 13.2. The summed E-state index contributed by atoms with van der Waals surface area (Å²) in [7, 11) is 0. The summed E-state index contributed by atoms with van der Waals surface area (Å²) < 4.78 is 0. The molecule has 2 aromatic carbocycles. The molecule has 22 heavy (non-hydrogen) atoms. The van der Waals surface area contributed by atoms with Gasteiger partial charge in [-0.25, -0.2) is 0 Å². The molecule has 0 saturated carbocycles. The summed E-state index contributed by atoms with van der Waals surface area (Å²) in [5, 5.41) is 0. The van der Waals surface area contributed by atoms with Gasteiger partial charge in [-0.15, -0.1) is 0 Å². The first kappa shape index (κ1) is 15.0. The highest BCUT2D eigenvalue weighted by molar-refractivity contribution is 6.09. The number of nitrogens with zero attached hydrogens (tertiary/aromatic N) is 1. The maximum Gasteiger partial charge on any atom is 0.193 e. The van der Waals surface area contributed by atoms with Crippen LogP contribution in [-0.2, 0) is 6.54 Å². The molecule has 0 radical (unpaired) electrons. The summed E-state index contributed by atoms with van der Waals surface area (Å²) in [5.74, 6) is 0.112. The lowest BCUT2D eigenvalue weighted by atomic mass is 10.00. The molecule has 0 bridgehead atoms. The molecular weight excluding hydrogens is 270 g/mol. The molecule has 0 aliphatic carbocycles. The van der Waals surface area contributed by atoms with Crippen LogP contribution in [0.15, 0.2) is 48.5 Å². The van der Waals surface area contributed by atoms with Gasteiger partial charge < -0.3 is 0 Å². The number of hydrogen-bond acceptors (Lipinski definition) is 2. The standard InChI is InChI=1S/C20H23NO/c1-16-8-10-18(11-9-16)20(22)19-7-5-6-17(14-19)15-21-12-3-2-4-13-21/h5-11,14H,2-4,12-13,15H2,1H3. The topological polar surface area (TPSA) is 20.3 Å². The van der Waals surface area contributed by atoms with Gasteiger partial charge in [0.25, 0.3) is 0 Å². The fourth-order valence-corrected chi connectivity index (χ4v) is 3.06. The Labute approximate surface area is 132 Å². The minimum Gasteiger partial charge on any atom is -0.299 e. The first-order chi connectivity index (χ1) is 10.7. The van der Waals surface area contributed by atoms with Gasteiger partial charge in [0.05, 0.1) is 0 Å². The van der Waals surface area contributed by atoms with Gasteiger partial charge in [0.2, 0.25) is 0 Å². The van der Waals surface area contributed by atoms with E-state index in [0.717, 1.165) is 17.7 Å². The average molecular weight is 293 g/mol. The number of benzene rings is 2. The molecule has 1 aliphatic rings. The van der Waals surface area contributed by atoms with E-state index in [1.54, 1.807) is 0 Å². The second-order valence-corrected chi connectivity index (χ2v) is 6.23. The van der Waals surface area contributed by atoms with Crippen LogP contribution in [0.3, 0.4) is 0 Å². The number of likely N-dealkylation sites (tertiary alicyclic amines) is 1. The lowest BCUT2D eigenvalue weighted by Gasteiger charge is -2.26. The van der Waals surface area contributed by atoms with E-state index in [1.165, 1.54) is 43.5 Å². The van der Waals surface area contributed by atoms with E-state index >= 15 is 0 Å². The van der Waals surface area contributed by atoms with Crippen molar-refractivity contribution in [2.75, 3.05) is 13.1 Å². The molecule has 0 spiro atoms. The van der Waals surface area contributed by atoms with E-state index < -0.39 is 0 Å². The third kappa shape index (κ3) is 3.63. The molecule has 0 aromatic heterocycles. The first-order valence-electron chi connectivity index (χ1n) is 8.15. The van der Waals surface area contributed by atoms with E-state index in [0.29, 0.717) is 0 Å². The maximum atomic E-state index is 12.6. The molecule has 2 nitrogen and oxygen atoms in total. The molecule has 3 rings (SSSR count). The van der Waals surface area contributed by atoms with Gasteiger partial charge >= 0.3 is 0 Å². The van der Waals surface area contributed by atoms with Crippen LogP contribution in [0.2, 0.25) is 0 Å². The smallest absolute Gasteiger partial charge is 0.193 e. The van der Waals surface area contributed by atoms with Crippen molar-refractivity contribution in [3.8, 4) is 0 Å². The molecular formula is C20H23NO. The normalized spacial score (nSPS) is 15.7. The Kier molecular flexibility index (Phi) is 4.69. The van der Waals surface area contributed by atoms with Gasteiger partial charge in [-0.2, -0.15) is 0 Å². The van der Waals surface area contributed by atoms with Crippen LogP contribution in [0, 0.1) is 6.92 Å². The lowest BCUT2D eigenvalue weighted by Crippen LogP contribution is -2.29. The number of ketones is 1. The van der Waals surface area contributed by atoms with Crippen molar-refractivity contribution in [1.29, 1.82) is 0 Å². The Bertz CT molecular complexity index is 639. The van der Waals surface area contributed by atoms with E-state index in [2.05, 4.69) is 17.0 Å². The highest BCUT2D eigenvalue weighted by Gasteiger charge is 2.13. The van der Waals surface area contributed by atoms with Gasteiger partial charge in [-0.3, -0.25) is 9.69 Å². The summed E-state index contributed by atoms with van der Waals surface area (Å²) in [6.45, 7) is 5.34. The van der Waals surface area contributed by atoms with Gasteiger partial charge in [0.15, 0.2) is 5.78 Å². The average Bonchev–Trinajstić information content (AvgIpc) is 2.56. The van der Waals surface area contributed by atoms with Crippen molar-refractivity contribution in [1.82, 2.24) is 4.90 Å². The maximum absolute atomic E-state index is 12.6. The molecule has 1 aliphatic heterocycles. The predicted octanol–water partition coefficient (Wildman–Crippen LogP) is 4.21. The third-order valence-electron chi connectivity index (χ3n) is 4.36. The van der Waals surface area contributed by atoms with Crippen LogP contribution in [0.25, 0.3) is 0 Å².